The van der Waals surface area contributed by atoms with Crippen molar-refractivity contribution in [2.45, 2.75) is 18.1 Å². The van der Waals surface area contributed by atoms with E-state index in [4.69, 9.17) is 15.7 Å². The monoisotopic (exact) mass is 199 g/mol. The van der Waals surface area contributed by atoms with Crippen LogP contribution in [0.15, 0.2) is 16.8 Å². The van der Waals surface area contributed by atoms with E-state index in [-0.39, 0.29) is 12.0 Å². The van der Waals surface area contributed by atoms with Gasteiger partial charge in [-0.3, -0.25) is 4.79 Å². The molecule has 7 heteroatoms. The first-order valence-corrected chi connectivity index (χ1v) is 3.86. The van der Waals surface area contributed by atoms with Crippen LogP contribution in [-0.2, 0) is 4.79 Å². The third-order valence-corrected chi connectivity index (χ3v) is 2.09. The quantitative estimate of drug-likeness (QED) is 0.234. The van der Waals surface area contributed by atoms with Gasteiger partial charge in [0.2, 0.25) is 0 Å². The first-order chi connectivity index (χ1) is 6.54. The molecule has 1 rings (SSSR count). The maximum atomic E-state index is 11.1. The third kappa shape index (κ3) is 1.61. The molecule has 0 aromatic carbocycles. The summed E-state index contributed by atoms with van der Waals surface area (Å²) in [4.78, 5) is 13.4. The van der Waals surface area contributed by atoms with E-state index in [1.54, 1.807) is 0 Å². The van der Waals surface area contributed by atoms with Crippen molar-refractivity contribution < 1.29 is 20.1 Å². The molecule has 3 N–H and O–H groups in total. The van der Waals surface area contributed by atoms with Crippen molar-refractivity contribution in [3.8, 4) is 0 Å². The van der Waals surface area contributed by atoms with Crippen molar-refractivity contribution in [1.82, 2.24) is 0 Å². The average Bonchev–Trinajstić information content (AvgIpc) is 2.43. The van der Waals surface area contributed by atoms with Gasteiger partial charge in [-0.05, 0) is 16.2 Å². The van der Waals surface area contributed by atoms with Crippen LogP contribution in [0.1, 0.15) is 6.42 Å². The van der Waals surface area contributed by atoms with Gasteiger partial charge in [-0.2, -0.15) is 0 Å². The zero-order valence-electron chi connectivity index (χ0n) is 7.16. The molecule has 0 radical (unpaired) electrons. The molecule has 1 aliphatic carbocycles. The highest BCUT2D eigenvalue weighted by molar-refractivity contribution is 5.90. The van der Waals surface area contributed by atoms with Gasteiger partial charge in [0.15, 0.2) is 5.60 Å². The smallest absolute Gasteiger partial charge is 0.254 e. The fourth-order valence-electron chi connectivity index (χ4n) is 1.39. The van der Waals surface area contributed by atoms with Crippen LogP contribution in [0.5, 0.6) is 0 Å². The molecule has 2 unspecified atom stereocenters. The number of hydrogen-bond donors (Lipinski definition) is 3. The Hall–Kier alpha value is -1.40. The molecule has 0 aromatic rings. The molecule has 0 heterocycles. The van der Waals surface area contributed by atoms with E-state index in [0.29, 0.717) is 0 Å². The van der Waals surface area contributed by atoms with Gasteiger partial charge in [0.25, 0.3) is 5.91 Å². The molecule has 2 atom stereocenters. The highest BCUT2D eigenvalue weighted by atomic mass is 16.3. The highest BCUT2D eigenvalue weighted by Gasteiger charge is 2.44. The molecule has 0 saturated carbocycles. The van der Waals surface area contributed by atoms with Crippen LogP contribution in [0.3, 0.4) is 0 Å². The van der Waals surface area contributed by atoms with E-state index in [2.05, 4.69) is 10.0 Å². The second-order valence-electron chi connectivity index (χ2n) is 2.98. The summed E-state index contributed by atoms with van der Waals surface area (Å²) < 4.78 is 0. The molecule has 0 bridgehead atoms. The summed E-state index contributed by atoms with van der Waals surface area (Å²) in [6.45, 7) is -0.569. The number of hydrogen-bond acceptors (Lipinski definition) is 4. The maximum Gasteiger partial charge on any atom is 0.254 e. The van der Waals surface area contributed by atoms with E-state index in [0.717, 1.165) is 0 Å². The summed E-state index contributed by atoms with van der Waals surface area (Å²) in [7, 11) is 0. The lowest BCUT2D eigenvalue weighted by atomic mass is 9.95. The summed E-state index contributed by atoms with van der Waals surface area (Å²) >= 11 is 0. The van der Waals surface area contributed by atoms with Crippen LogP contribution in [0.4, 0.5) is 0 Å². The van der Waals surface area contributed by atoms with Crippen molar-refractivity contribution in [1.29, 1.82) is 0 Å². The number of rotatable bonds is 2. The third-order valence-electron chi connectivity index (χ3n) is 2.09. The minimum absolute atomic E-state index is 0.0394. The van der Waals surface area contributed by atoms with E-state index in [1.165, 1.54) is 6.08 Å². The van der Waals surface area contributed by atoms with Gasteiger partial charge in [0, 0.05) is 11.3 Å². The van der Waals surface area contributed by atoms with Gasteiger partial charge in [0.05, 0.1) is 12.7 Å². The summed E-state index contributed by atoms with van der Waals surface area (Å²) in [6, 6.07) is 0. The Balaban J connectivity index is 3.01. The molecular weight excluding hydrogens is 190 g/mol. The molecule has 1 amide bonds. The summed E-state index contributed by atoms with van der Waals surface area (Å²) in [5.41, 5.74) is 5.92. The van der Waals surface area contributed by atoms with Crippen molar-refractivity contribution in [3.05, 3.63) is 22.1 Å². The largest absolute Gasteiger partial charge is 0.392 e. The molecule has 1 aliphatic rings. The van der Waals surface area contributed by atoms with Crippen LogP contribution in [-0.4, -0.2) is 39.5 Å². The first-order valence-electron chi connectivity index (χ1n) is 3.86. The van der Waals surface area contributed by atoms with Crippen LogP contribution in [0.25, 0.3) is 10.4 Å². The van der Waals surface area contributed by atoms with Gasteiger partial charge < -0.3 is 15.3 Å². The van der Waals surface area contributed by atoms with E-state index in [1.807, 2.05) is 0 Å². The van der Waals surface area contributed by atoms with Gasteiger partial charge in [0.1, 0.15) is 0 Å². The van der Waals surface area contributed by atoms with Crippen LogP contribution >= 0.6 is 0 Å². The standard InChI is InChI=1S/C7H9N3O4/c8-10-9-6(13)7(14)2-5(12)1-4(7)3-11/h1,5,11-12,14H,2-3H2. The molecule has 76 valence electrons. The van der Waals surface area contributed by atoms with Gasteiger partial charge in [-0.15, -0.1) is 0 Å². The summed E-state index contributed by atoms with van der Waals surface area (Å²) in [6.07, 6.45) is -0.133. The van der Waals surface area contributed by atoms with Crippen molar-refractivity contribution in [2.24, 2.45) is 5.11 Å². The number of azide groups is 1. The van der Waals surface area contributed by atoms with Crippen molar-refractivity contribution in [3.63, 3.8) is 0 Å². The van der Waals surface area contributed by atoms with E-state index >= 15 is 0 Å². The van der Waals surface area contributed by atoms with Crippen molar-refractivity contribution >= 4 is 5.91 Å². The van der Waals surface area contributed by atoms with Crippen molar-refractivity contribution in [2.75, 3.05) is 6.61 Å². The number of carbonyl (C=O) groups excluding carboxylic acids is 1. The Kier molecular flexibility index (Phi) is 2.87. The van der Waals surface area contributed by atoms with Gasteiger partial charge in [-0.1, -0.05) is 6.08 Å². The molecule has 0 saturated heterocycles. The molecule has 7 nitrogen and oxygen atoms in total. The highest BCUT2D eigenvalue weighted by Crippen LogP contribution is 2.31. The Bertz CT molecular complexity index is 334. The average molecular weight is 199 g/mol. The second kappa shape index (κ2) is 3.77. The number of nitrogens with zero attached hydrogens (tertiary/aromatic N) is 3. The lowest BCUT2D eigenvalue weighted by Gasteiger charge is -2.21. The molecule has 0 fully saturated rings. The fraction of sp³-hybridized carbons (Fsp3) is 0.571. The first kappa shape index (κ1) is 10.7. The normalized spacial score (nSPS) is 30.8. The van der Waals surface area contributed by atoms with Crippen LogP contribution in [0.2, 0.25) is 0 Å². The Labute approximate surface area is 78.9 Å². The number of amides is 1. The van der Waals surface area contributed by atoms with Gasteiger partial charge >= 0.3 is 0 Å². The lowest BCUT2D eigenvalue weighted by molar-refractivity contribution is -0.134. The SMILES string of the molecule is [N-]=[N+]=NC(=O)C1(O)CC(O)C=C1CO. The molecule has 0 spiro atoms. The molecule has 0 aromatic heterocycles. The number of carbonyl (C=O) groups is 1. The molecule has 0 aliphatic heterocycles. The lowest BCUT2D eigenvalue weighted by Crippen LogP contribution is -2.39. The second-order valence-corrected chi connectivity index (χ2v) is 2.98. The number of aliphatic hydroxyl groups is 3. The number of aliphatic hydroxyl groups excluding tert-OH is 2. The zero-order chi connectivity index (χ0) is 10.8. The van der Waals surface area contributed by atoms with Gasteiger partial charge in [-0.25, -0.2) is 0 Å². The van der Waals surface area contributed by atoms with E-state index in [9.17, 15) is 9.90 Å². The van der Waals surface area contributed by atoms with Crippen LogP contribution < -0.4 is 0 Å². The minimum Gasteiger partial charge on any atom is -0.392 e. The Morgan fingerprint density at radius 3 is 3.00 bits per heavy atom. The minimum atomic E-state index is -2.06. The predicted octanol–water partition coefficient (Wildman–Crippen LogP) is -0.762. The fourth-order valence-corrected chi connectivity index (χ4v) is 1.39. The Morgan fingerprint density at radius 2 is 2.50 bits per heavy atom. The zero-order valence-corrected chi connectivity index (χ0v) is 7.16. The molecular formula is C7H9N3O4. The summed E-state index contributed by atoms with van der Waals surface area (Å²) in [5.74, 6) is -1.11. The molecule has 14 heavy (non-hydrogen) atoms. The van der Waals surface area contributed by atoms with E-state index < -0.39 is 24.2 Å². The topological polar surface area (TPSA) is 127 Å². The van der Waals surface area contributed by atoms with Crippen LogP contribution in [0, 0.1) is 0 Å². The predicted molar refractivity (Wildman–Crippen MR) is 44.9 cm³/mol. The summed E-state index contributed by atoms with van der Waals surface area (Å²) in [5, 5.41) is 30.4. The maximum absolute atomic E-state index is 11.1. The Morgan fingerprint density at radius 1 is 1.86 bits per heavy atom.